The Balaban J connectivity index is 1.42. The fourth-order valence-electron chi connectivity index (χ4n) is 4.25. The molecule has 26 heavy (non-hydrogen) atoms. The van der Waals surface area contributed by atoms with Crippen LogP contribution in [0.15, 0.2) is 10.6 Å². The fraction of sp³-hybridized carbons (Fsp3) is 0.632. The Morgan fingerprint density at radius 1 is 1.35 bits per heavy atom. The molecule has 0 bridgehead atoms. The van der Waals surface area contributed by atoms with Crippen LogP contribution in [0.1, 0.15) is 60.1 Å². The lowest BCUT2D eigenvalue weighted by Crippen LogP contribution is -2.31. The number of carbonyl (C=O) groups is 1. The van der Waals surface area contributed by atoms with Crippen LogP contribution < -0.4 is 5.32 Å². The third kappa shape index (κ3) is 3.28. The molecule has 7 nitrogen and oxygen atoms in total. The van der Waals surface area contributed by atoms with Gasteiger partial charge in [-0.3, -0.25) is 9.48 Å². The van der Waals surface area contributed by atoms with E-state index < -0.39 is 0 Å². The van der Waals surface area contributed by atoms with E-state index in [-0.39, 0.29) is 11.9 Å². The van der Waals surface area contributed by atoms with Gasteiger partial charge >= 0.3 is 0 Å². The van der Waals surface area contributed by atoms with Gasteiger partial charge in [0.1, 0.15) is 5.76 Å². The predicted molar refractivity (Wildman–Crippen MR) is 96.5 cm³/mol. The molecule has 1 saturated heterocycles. The van der Waals surface area contributed by atoms with Crippen molar-refractivity contribution < 1.29 is 9.32 Å². The molecule has 140 valence electrons. The first-order chi connectivity index (χ1) is 12.6. The average molecular weight is 357 g/mol. The van der Waals surface area contributed by atoms with Gasteiger partial charge in [0.05, 0.1) is 23.1 Å². The highest BCUT2D eigenvalue weighted by molar-refractivity contribution is 5.77. The minimum Gasteiger partial charge on any atom is -0.361 e. The topological polar surface area (TPSA) is 76.2 Å². The van der Waals surface area contributed by atoms with Crippen LogP contribution in [0.25, 0.3) is 0 Å². The first-order valence-corrected chi connectivity index (χ1v) is 9.62. The summed E-state index contributed by atoms with van der Waals surface area (Å²) >= 11 is 0. The monoisotopic (exact) mass is 357 g/mol. The molecule has 1 amide bonds. The van der Waals surface area contributed by atoms with Gasteiger partial charge in [-0.2, -0.15) is 5.10 Å². The van der Waals surface area contributed by atoms with E-state index in [1.54, 1.807) is 0 Å². The Morgan fingerprint density at radius 3 is 3.04 bits per heavy atom. The second kappa shape index (κ2) is 7.23. The zero-order chi connectivity index (χ0) is 18.1. The van der Waals surface area contributed by atoms with Gasteiger partial charge in [-0.05, 0) is 45.7 Å². The molecule has 2 aliphatic heterocycles. The molecule has 0 radical (unpaired) electrons. The fourth-order valence-corrected chi connectivity index (χ4v) is 4.25. The summed E-state index contributed by atoms with van der Waals surface area (Å²) in [5, 5.41) is 12.2. The van der Waals surface area contributed by atoms with Crippen molar-refractivity contribution >= 4 is 5.91 Å². The molecule has 4 heterocycles. The Bertz CT molecular complexity index is 751. The van der Waals surface area contributed by atoms with E-state index >= 15 is 0 Å². The summed E-state index contributed by atoms with van der Waals surface area (Å²) in [6.07, 6.45) is 4.32. The molecule has 1 unspecified atom stereocenters. The van der Waals surface area contributed by atoms with Gasteiger partial charge in [-0.25, -0.2) is 0 Å². The minimum atomic E-state index is 0.108. The van der Waals surface area contributed by atoms with Crippen LogP contribution in [0.5, 0.6) is 0 Å². The van der Waals surface area contributed by atoms with E-state index in [2.05, 4.69) is 26.3 Å². The van der Waals surface area contributed by atoms with Crippen LogP contribution in [0.4, 0.5) is 0 Å². The SMILES string of the molecule is Cc1noc(C)c1C1CCCN1C(=O)CCc1cc2n(n1)CCCNC2. The maximum Gasteiger partial charge on any atom is 0.223 e. The predicted octanol–water partition coefficient (Wildman–Crippen LogP) is 2.28. The highest BCUT2D eigenvalue weighted by atomic mass is 16.5. The smallest absolute Gasteiger partial charge is 0.223 e. The van der Waals surface area contributed by atoms with E-state index in [0.717, 1.165) is 68.2 Å². The van der Waals surface area contributed by atoms with E-state index in [1.165, 1.54) is 5.69 Å². The van der Waals surface area contributed by atoms with Crippen molar-refractivity contribution in [2.24, 2.45) is 0 Å². The molecule has 0 spiro atoms. The van der Waals surface area contributed by atoms with Crippen molar-refractivity contribution in [1.29, 1.82) is 0 Å². The van der Waals surface area contributed by atoms with Crippen molar-refractivity contribution in [2.75, 3.05) is 13.1 Å². The third-order valence-electron chi connectivity index (χ3n) is 5.53. The number of hydrogen-bond donors (Lipinski definition) is 1. The number of fused-ring (bicyclic) bond motifs is 1. The molecule has 7 heteroatoms. The number of aromatic nitrogens is 3. The number of hydrogen-bond acceptors (Lipinski definition) is 5. The molecule has 4 rings (SSSR count). The Kier molecular flexibility index (Phi) is 4.80. The minimum absolute atomic E-state index is 0.108. The van der Waals surface area contributed by atoms with Crippen LogP contribution >= 0.6 is 0 Å². The van der Waals surface area contributed by atoms with Crippen LogP contribution in [-0.2, 0) is 24.3 Å². The van der Waals surface area contributed by atoms with E-state index in [4.69, 9.17) is 4.52 Å². The Labute approximate surface area is 153 Å². The van der Waals surface area contributed by atoms with Gasteiger partial charge in [-0.1, -0.05) is 5.16 Å². The molecule has 2 aromatic heterocycles. The number of likely N-dealkylation sites (tertiary alicyclic amines) is 1. The largest absolute Gasteiger partial charge is 0.361 e. The molecule has 0 saturated carbocycles. The molecule has 0 aromatic carbocycles. The van der Waals surface area contributed by atoms with Crippen LogP contribution in [0.2, 0.25) is 0 Å². The van der Waals surface area contributed by atoms with Crippen molar-refractivity contribution in [3.05, 3.63) is 34.5 Å². The lowest BCUT2D eigenvalue weighted by Gasteiger charge is -2.24. The second-order valence-corrected chi connectivity index (χ2v) is 7.36. The molecule has 1 N–H and O–H groups in total. The zero-order valence-corrected chi connectivity index (χ0v) is 15.6. The number of carbonyl (C=O) groups excluding carboxylic acids is 1. The van der Waals surface area contributed by atoms with E-state index in [9.17, 15) is 4.79 Å². The number of amides is 1. The Morgan fingerprint density at radius 2 is 2.23 bits per heavy atom. The maximum absolute atomic E-state index is 12.9. The first-order valence-electron chi connectivity index (χ1n) is 9.62. The number of aryl methyl sites for hydroxylation is 4. The Hall–Kier alpha value is -2.15. The summed E-state index contributed by atoms with van der Waals surface area (Å²) in [5.41, 5.74) is 4.23. The lowest BCUT2D eigenvalue weighted by atomic mass is 10.0. The molecule has 2 aliphatic rings. The normalized spacial score (nSPS) is 20.2. The number of rotatable bonds is 4. The van der Waals surface area contributed by atoms with Crippen LogP contribution in [0, 0.1) is 13.8 Å². The van der Waals surface area contributed by atoms with Crippen molar-refractivity contribution in [3.63, 3.8) is 0 Å². The highest BCUT2D eigenvalue weighted by Gasteiger charge is 2.33. The molecule has 0 aliphatic carbocycles. The van der Waals surface area contributed by atoms with Crippen LogP contribution in [-0.4, -0.2) is 38.8 Å². The summed E-state index contributed by atoms with van der Waals surface area (Å²) in [7, 11) is 0. The molecular weight excluding hydrogens is 330 g/mol. The van der Waals surface area contributed by atoms with Gasteiger partial charge in [0.25, 0.3) is 0 Å². The summed E-state index contributed by atoms with van der Waals surface area (Å²) in [6.45, 7) is 7.56. The number of nitrogens with zero attached hydrogens (tertiary/aromatic N) is 4. The number of nitrogens with one attached hydrogen (secondary N) is 1. The first kappa shape index (κ1) is 17.3. The van der Waals surface area contributed by atoms with E-state index in [0.29, 0.717) is 12.8 Å². The summed E-state index contributed by atoms with van der Waals surface area (Å²) < 4.78 is 7.40. The van der Waals surface area contributed by atoms with Crippen molar-refractivity contribution in [2.45, 2.75) is 65.1 Å². The standard InChI is InChI=1S/C19H27N5O2/c1-13-19(14(2)26-22-13)17-5-3-9-23(17)18(25)7-6-15-11-16-12-20-8-4-10-24(16)21-15/h11,17,20H,3-10,12H2,1-2H3. The lowest BCUT2D eigenvalue weighted by molar-refractivity contribution is -0.132. The summed E-state index contributed by atoms with van der Waals surface area (Å²) in [6, 6.07) is 2.25. The molecule has 2 aromatic rings. The molecular formula is C19H27N5O2. The highest BCUT2D eigenvalue weighted by Crippen LogP contribution is 2.36. The van der Waals surface area contributed by atoms with Crippen molar-refractivity contribution in [1.82, 2.24) is 25.2 Å². The van der Waals surface area contributed by atoms with Crippen molar-refractivity contribution in [3.8, 4) is 0 Å². The maximum atomic E-state index is 12.9. The summed E-state index contributed by atoms with van der Waals surface area (Å²) in [5.74, 6) is 1.03. The van der Waals surface area contributed by atoms with Gasteiger partial charge in [-0.15, -0.1) is 0 Å². The third-order valence-corrected chi connectivity index (χ3v) is 5.53. The zero-order valence-electron chi connectivity index (χ0n) is 15.6. The van der Waals surface area contributed by atoms with E-state index in [1.807, 2.05) is 18.7 Å². The van der Waals surface area contributed by atoms with Gasteiger partial charge in [0, 0.05) is 38.0 Å². The summed E-state index contributed by atoms with van der Waals surface area (Å²) in [4.78, 5) is 14.9. The molecule has 1 atom stereocenters. The van der Waals surface area contributed by atoms with Gasteiger partial charge in [0.2, 0.25) is 5.91 Å². The second-order valence-electron chi connectivity index (χ2n) is 7.36. The quantitative estimate of drug-likeness (QED) is 0.908. The molecule has 1 fully saturated rings. The van der Waals surface area contributed by atoms with Gasteiger partial charge in [0.15, 0.2) is 0 Å². The van der Waals surface area contributed by atoms with Crippen LogP contribution in [0.3, 0.4) is 0 Å². The average Bonchev–Trinajstić information content (AvgIpc) is 3.29. The van der Waals surface area contributed by atoms with Gasteiger partial charge < -0.3 is 14.7 Å².